The first-order chi connectivity index (χ1) is 9.29. The summed E-state index contributed by atoms with van der Waals surface area (Å²) in [6.07, 6.45) is 0.408. The zero-order valence-corrected chi connectivity index (χ0v) is 13.6. The van der Waals surface area contributed by atoms with Crippen LogP contribution in [0.25, 0.3) is 0 Å². The van der Waals surface area contributed by atoms with Crippen molar-refractivity contribution in [2.24, 2.45) is 0 Å². The number of carbonyl (C=O) groups is 1. The van der Waals surface area contributed by atoms with Gasteiger partial charge in [-0.2, -0.15) is 0 Å². The van der Waals surface area contributed by atoms with Gasteiger partial charge in [0, 0.05) is 0 Å². The van der Waals surface area contributed by atoms with Gasteiger partial charge in [0.1, 0.15) is 0 Å². The van der Waals surface area contributed by atoms with Crippen LogP contribution in [0, 0.1) is 5.82 Å². The molecule has 9 heteroatoms. The summed E-state index contributed by atoms with van der Waals surface area (Å²) in [7, 11) is -3.59. The lowest BCUT2D eigenvalue weighted by atomic mass is 10.2. The highest BCUT2D eigenvalue weighted by atomic mass is 35.5. The standard InChI is InChI=1S/C10H11ClFNO3S.CH2Cl2/c1-2-6-17(15,16)13-8-5-3-4-7(9(8)12)10(11)14;2-1-3/h3-5,13H,2,6H2,1H3;1H2. The molecule has 0 bridgehead atoms. The Hall–Kier alpha value is -0.560. The Balaban J connectivity index is 0.00000110. The molecule has 0 spiro atoms. The Morgan fingerprint density at radius 1 is 1.35 bits per heavy atom. The quantitative estimate of drug-likeness (QED) is 0.639. The maximum absolute atomic E-state index is 13.7. The Labute approximate surface area is 132 Å². The van der Waals surface area contributed by atoms with Crippen molar-refractivity contribution in [3.63, 3.8) is 0 Å². The van der Waals surface area contributed by atoms with Crippen LogP contribution < -0.4 is 4.72 Å². The molecule has 0 fully saturated rings. The Kier molecular flexibility index (Phi) is 9.13. The second-order valence-electron chi connectivity index (χ2n) is 3.46. The molecular weight excluding hydrogens is 352 g/mol. The SMILES string of the molecule is CCCS(=O)(=O)Nc1cccc(C(=O)Cl)c1F.ClCCl. The molecule has 4 nitrogen and oxygen atoms in total. The average Bonchev–Trinajstić information content (AvgIpc) is 2.32. The lowest BCUT2D eigenvalue weighted by Crippen LogP contribution is -2.17. The molecule has 0 aliphatic rings. The molecule has 0 radical (unpaired) electrons. The predicted octanol–water partition coefficient (Wildman–Crippen LogP) is 3.78. The number of rotatable bonds is 5. The number of alkyl halides is 2. The Morgan fingerprint density at radius 3 is 2.35 bits per heavy atom. The molecule has 0 saturated heterocycles. The van der Waals surface area contributed by atoms with Crippen molar-refractivity contribution in [1.29, 1.82) is 0 Å². The molecule has 0 unspecified atom stereocenters. The molecule has 0 atom stereocenters. The first-order valence-corrected chi connectivity index (χ1v) is 8.49. The second-order valence-corrected chi connectivity index (χ2v) is 6.46. The van der Waals surface area contributed by atoms with Crippen molar-refractivity contribution in [3.05, 3.63) is 29.6 Å². The number of benzene rings is 1. The lowest BCUT2D eigenvalue weighted by Gasteiger charge is -2.09. The fourth-order valence-corrected chi connectivity index (χ4v) is 2.53. The summed E-state index contributed by atoms with van der Waals surface area (Å²) in [5.74, 6) is -1.09. The van der Waals surface area contributed by atoms with E-state index in [2.05, 4.69) is 4.72 Å². The third kappa shape index (κ3) is 6.74. The van der Waals surface area contributed by atoms with Crippen LogP contribution in [-0.4, -0.2) is 24.8 Å². The Bertz CT molecular complexity index is 552. The van der Waals surface area contributed by atoms with Crippen molar-refractivity contribution in [2.45, 2.75) is 13.3 Å². The number of hydrogen-bond acceptors (Lipinski definition) is 3. The van der Waals surface area contributed by atoms with Crippen molar-refractivity contribution in [1.82, 2.24) is 0 Å². The normalized spacial score (nSPS) is 10.4. The van der Waals surface area contributed by atoms with E-state index in [4.69, 9.17) is 34.8 Å². The highest BCUT2D eigenvalue weighted by Crippen LogP contribution is 2.20. The summed E-state index contributed by atoms with van der Waals surface area (Å²) >= 11 is 14.7. The van der Waals surface area contributed by atoms with Crippen LogP contribution in [0.2, 0.25) is 0 Å². The van der Waals surface area contributed by atoms with Gasteiger partial charge in [-0.3, -0.25) is 9.52 Å². The number of halogens is 4. The van der Waals surface area contributed by atoms with Crippen LogP contribution in [0.5, 0.6) is 0 Å². The van der Waals surface area contributed by atoms with Crippen LogP contribution in [0.15, 0.2) is 18.2 Å². The summed E-state index contributed by atoms with van der Waals surface area (Å²) in [5, 5.41) is -0.779. The van der Waals surface area contributed by atoms with Crippen LogP contribution in [0.3, 0.4) is 0 Å². The third-order valence-corrected chi connectivity index (χ3v) is 3.63. The van der Waals surface area contributed by atoms with Gasteiger partial charge in [0.25, 0.3) is 5.24 Å². The molecule has 0 aromatic heterocycles. The van der Waals surface area contributed by atoms with Gasteiger partial charge in [-0.05, 0) is 30.2 Å². The smallest absolute Gasteiger partial charge is 0.255 e. The van der Waals surface area contributed by atoms with Crippen LogP contribution in [0.4, 0.5) is 10.1 Å². The second kappa shape index (κ2) is 9.39. The molecule has 1 N–H and O–H groups in total. The monoisotopic (exact) mass is 363 g/mol. The molecule has 0 saturated carbocycles. The minimum Gasteiger partial charge on any atom is -0.281 e. The zero-order valence-electron chi connectivity index (χ0n) is 10.5. The van der Waals surface area contributed by atoms with E-state index in [-0.39, 0.29) is 22.3 Å². The minimum absolute atomic E-state index is 0.120. The number of hydrogen-bond donors (Lipinski definition) is 1. The van der Waals surface area contributed by atoms with Gasteiger partial charge in [0.2, 0.25) is 10.0 Å². The zero-order chi connectivity index (χ0) is 15.8. The van der Waals surface area contributed by atoms with Crippen LogP contribution in [-0.2, 0) is 10.0 Å². The van der Waals surface area contributed by atoms with Gasteiger partial charge in [-0.15, -0.1) is 23.2 Å². The highest BCUT2D eigenvalue weighted by Gasteiger charge is 2.16. The van der Waals surface area contributed by atoms with Gasteiger partial charge >= 0.3 is 0 Å². The van der Waals surface area contributed by atoms with Gasteiger partial charge in [-0.1, -0.05) is 13.0 Å². The van der Waals surface area contributed by atoms with E-state index in [0.717, 1.165) is 0 Å². The molecule has 1 aromatic rings. The summed E-state index contributed by atoms with van der Waals surface area (Å²) < 4.78 is 38.6. The van der Waals surface area contributed by atoms with Gasteiger partial charge in [-0.25, -0.2) is 12.8 Å². The molecule has 1 aromatic carbocycles. The van der Waals surface area contributed by atoms with Crippen LogP contribution in [0.1, 0.15) is 23.7 Å². The molecule has 0 aliphatic heterocycles. The topological polar surface area (TPSA) is 63.2 Å². The summed E-state index contributed by atoms with van der Waals surface area (Å²) in [4.78, 5) is 10.9. The first kappa shape index (κ1) is 19.4. The molecule has 0 amide bonds. The highest BCUT2D eigenvalue weighted by molar-refractivity contribution is 7.92. The molecule has 114 valence electrons. The number of nitrogens with one attached hydrogen (secondary N) is 1. The molecule has 20 heavy (non-hydrogen) atoms. The fraction of sp³-hybridized carbons (Fsp3) is 0.364. The number of carbonyl (C=O) groups excluding carboxylic acids is 1. The van der Waals surface area contributed by atoms with E-state index in [1.807, 2.05) is 0 Å². The molecule has 0 heterocycles. The van der Waals surface area contributed by atoms with E-state index < -0.39 is 21.1 Å². The average molecular weight is 365 g/mol. The first-order valence-electron chi connectivity index (χ1n) is 5.39. The summed E-state index contributed by atoms with van der Waals surface area (Å²) in [6, 6.07) is 3.76. The molecule has 0 aliphatic carbocycles. The predicted molar refractivity (Wildman–Crippen MR) is 80.9 cm³/mol. The van der Waals surface area contributed by atoms with E-state index in [0.29, 0.717) is 6.42 Å². The lowest BCUT2D eigenvalue weighted by molar-refractivity contribution is 0.107. The number of sulfonamides is 1. The van der Waals surface area contributed by atoms with Crippen molar-refractivity contribution >= 4 is 55.8 Å². The number of anilines is 1. The van der Waals surface area contributed by atoms with Gasteiger partial charge in [0.15, 0.2) is 5.82 Å². The fourth-order valence-electron chi connectivity index (χ4n) is 1.25. The Morgan fingerprint density at radius 2 is 1.90 bits per heavy atom. The van der Waals surface area contributed by atoms with Crippen molar-refractivity contribution in [3.8, 4) is 0 Å². The van der Waals surface area contributed by atoms with E-state index >= 15 is 0 Å². The van der Waals surface area contributed by atoms with Crippen LogP contribution >= 0.6 is 34.8 Å². The van der Waals surface area contributed by atoms with Crippen molar-refractivity contribution < 1.29 is 17.6 Å². The maximum atomic E-state index is 13.7. The van der Waals surface area contributed by atoms with Gasteiger partial charge < -0.3 is 0 Å². The van der Waals surface area contributed by atoms with E-state index in [1.165, 1.54) is 18.2 Å². The summed E-state index contributed by atoms with van der Waals surface area (Å²) in [5.41, 5.74) is -0.631. The minimum atomic E-state index is -3.59. The van der Waals surface area contributed by atoms with Crippen molar-refractivity contribution in [2.75, 3.05) is 15.8 Å². The van der Waals surface area contributed by atoms with Gasteiger partial charge in [0.05, 0.1) is 22.3 Å². The maximum Gasteiger partial charge on any atom is 0.255 e. The third-order valence-electron chi connectivity index (χ3n) is 1.95. The molecule has 1 rings (SSSR count). The van der Waals surface area contributed by atoms with E-state index in [9.17, 15) is 17.6 Å². The van der Waals surface area contributed by atoms with E-state index in [1.54, 1.807) is 6.92 Å². The largest absolute Gasteiger partial charge is 0.281 e. The summed E-state index contributed by atoms with van der Waals surface area (Å²) in [6.45, 7) is 1.69. The molecular formula is C11H13Cl3FNO3S.